The van der Waals surface area contributed by atoms with Crippen LogP contribution in [-0.4, -0.2) is 11.1 Å². The molecule has 0 saturated heterocycles. The standard InChI is InChI=1S/C7H2Cl4O2.C2H4/c8-3-1-2(7(12)13)4(9)6(11)5(3)10;1-2/h1H,(H,12,13);1-2H2. The van der Waals surface area contributed by atoms with Crippen LogP contribution < -0.4 is 0 Å². The Morgan fingerprint density at radius 1 is 1.07 bits per heavy atom. The molecule has 6 heteroatoms. The maximum Gasteiger partial charge on any atom is 0.337 e. The van der Waals surface area contributed by atoms with E-state index in [1.807, 2.05) is 0 Å². The van der Waals surface area contributed by atoms with Crippen LogP contribution in [0.3, 0.4) is 0 Å². The van der Waals surface area contributed by atoms with E-state index in [4.69, 9.17) is 51.5 Å². The van der Waals surface area contributed by atoms with E-state index in [9.17, 15) is 4.79 Å². The highest BCUT2D eigenvalue weighted by Gasteiger charge is 2.17. The van der Waals surface area contributed by atoms with Crippen LogP contribution in [0, 0.1) is 0 Å². The lowest BCUT2D eigenvalue weighted by Crippen LogP contribution is -1.98. The predicted molar refractivity (Wildman–Crippen MR) is 64.7 cm³/mol. The normalized spacial score (nSPS) is 9.07. The molecule has 1 aromatic rings. The van der Waals surface area contributed by atoms with Crippen LogP contribution in [-0.2, 0) is 0 Å². The molecular formula is C9H6Cl4O2. The highest BCUT2D eigenvalue weighted by Crippen LogP contribution is 2.37. The quantitative estimate of drug-likeness (QED) is 0.458. The van der Waals surface area contributed by atoms with Gasteiger partial charge in [-0.25, -0.2) is 4.79 Å². The lowest BCUT2D eigenvalue weighted by Gasteiger charge is -2.04. The van der Waals surface area contributed by atoms with E-state index in [1.165, 1.54) is 0 Å². The second-order valence-corrected chi connectivity index (χ2v) is 3.69. The first-order valence-corrected chi connectivity index (χ1v) is 5.02. The first-order chi connectivity index (χ1) is 6.95. The number of aromatic carboxylic acids is 1. The summed E-state index contributed by atoms with van der Waals surface area (Å²) >= 11 is 22.4. The van der Waals surface area contributed by atoms with Gasteiger partial charge in [-0.2, -0.15) is 0 Å². The number of carboxylic acids is 1. The van der Waals surface area contributed by atoms with Crippen LogP contribution in [0.4, 0.5) is 0 Å². The van der Waals surface area contributed by atoms with E-state index in [2.05, 4.69) is 13.2 Å². The smallest absolute Gasteiger partial charge is 0.337 e. The van der Waals surface area contributed by atoms with Gasteiger partial charge in [0.1, 0.15) is 0 Å². The van der Waals surface area contributed by atoms with Gasteiger partial charge in [0.25, 0.3) is 0 Å². The molecule has 1 rings (SSSR count). The Balaban J connectivity index is 0.000000921. The summed E-state index contributed by atoms with van der Waals surface area (Å²) < 4.78 is 0. The van der Waals surface area contributed by atoms with Crippen molar-refractivity contribution in [2.75, 3.05) is 0 Å². The average molecular weight is 288 g/mol. The van der Waals surface area contributed by atoms with Gasteiger partial charge in [0.15, 0.2) is 0 Å². The molecule has 0 spiro atoms. The highest BCUT2D eigenvalue weighted by molar-refractivity contribution is 6.52. The summed E-state index contributed by atoms with van der Waals surface area (Å²) in [4.78, 5) is 10.6. The molecule has 0 radical (unpaired) electrons. The van der Waals surface area contributed by atoms with Gasteiger partial charge in [0.05, 0.1) is 25.7 Å². The molecule has 0 heterocycles. The average Bonchev–Trinajstić information content (AvgIpc) is 2.23. The van der Waals surface area contributed by atoms with Crippen LogP contribution in [0.15, 0.2) is 19.2 Å². The Bertz CT molecular complexity index is 390. The molecule has 0 atom stereocenters. The van der Waals surface area contributed by atoms with E-state index in [-0.39, 0.29) is 25.7 Å². The van der Waals surface area contributed by atoms with Crippen molar-refractivity contribution in [1.82, 2.24) is 0 Å². The van der Waals surface area contributed by atoms with Crippen LogP contribution in [0.25, 0.3) is 0 Å². The molecule has 1 aromatic carbocycles. The molecule has 1 N–H and O–H groups in total. The molecule has 0 fully saturated rings. The number of carboxylic acid groups (broad SMARTS) is 1. The summed E-state index contributed by atoms with van der Waals surface area (Å²) in [6.45, 7) is 6.00. The zero-order valence-electron chi connectivity index (χ0n) is 7.36. The lowest BCUT2D eigenvalue weighted by molar-refractivity contribution is 0.0697. The van der Waals surface area contributed by atoms with E-state index >= 15 is 0 Å². The number of carbonyl (C=O) groups is 1. The van der Waals surface area contributed by atoms with Crippen molar-refractivity contribution in [3.63, 3.8) is 0 Å². The number of rotatable bonds is 1. The Hall–Kier alpha value is -0.410. The summed E-state index contributed by atoms with van der Waals surface area (Å²) in [7, 11) is 0. The lowest BCUT2D eigenvalue weighted by atomic mass is 10.2. The van der Waals surface area contributed by atoms with E-state index < -0.39 is 5.97 Å². The Morgan fingerprint density at radius 3 is 1.93 bits per heavy atom. The largest absolute Gasteiger partial charge is 0.478 e. The number of hydrogen-bond acceptors (Lipinski definition) is 1. The predicted octanol–water partition coefficient (Wildman–Crippen LogP) is 4.80. The topological polar surface area (TPSA) is 37.3 Å². The van der Waals surface area contributed by atoms with E-state index in [0.29, 0.717) is 0 Å². The minimum Gasteiger partial charge on any atom is -0.478 e. The number of halogens is 4. The monoisotopic (exact) mass is 286 g/mol. The molecule has 0 aliphatic rings. The summed E-state index contributed by atoms with van der Waals surface area (Å²) in [6, 6.07) is 1.15. The third kappa shape index (κ3) is 3.28. The van der Waals surface area contributed by atoms with Gasteiger partial charge in [-0.3, -0.25) is 0 Å². The Kier molecular flexibility index (Phi) is 6.06. The minimum atomic E-state index is -1.20. The fourth-order valence-corrected chi connectivity index (χ4v) is 1.61. The Labute approximate surface area is 107 Å². The molecule has 2 nitrogen and oxygen atoms in total. The minimum absolute atomic E-state index is 0.0479. The van der Waals surface area contributed by atoms with Crippen LogP contribution in [0.1, 0.15) is 10.4 Å². The molecule has 0 amide bonds. The zero-order chi connectivity index (χ0) is 12.2. The van der Waals surface area contributed by atoms with Gasteiger partial charge in [-0.05, 0) is 6.07 Å². The molecule has 0 saturated carbocycles. The second-order valence-electron chi connectivity index (χ2n) is 2.15. The summed E-state index contributed by atoms with van der Waals surface area (Å²) in [6.07, 6.45) is 0. The van der Waals surface area contributed by atoms with Crippen LogP contribution >= 0.6 is 46.4 Å². The molecule has 0 aliphatic heterocycles. The van der Waals surface area contributed by atoms with E-state index in [1.54, 1.807) is 0 Å². The summed E-state index contributed by atoms with van der Waals surface area (Å²) in [5.74, 6) is -1.20. The third-order valence-electron chi connectivity index (χ3n) is 1.33. The van der Waals surface area contributed by atoms with Crippen LogP contribution in [0.5, 0.6) is 0 Å². The fourth-order valence-electron chi connectivity index (χ4n) is 0.728. The van der Waals surface area contributed by atoms with Crippen molar-refractivity contribution < 1.29 is 9.90 Å². The van der Waals surface area contributed by atoms with Crippen molar-refractivity contribution in [2.24, 2.45) is 0 Å². The maximum atomic E-state index is 10.6. The third-order valence-corrected chi connectivity index (χ3v) is 3.08. The first-order valence-electron chi connectivity index (χ1n) is 3.51. The highest BCUT2D eigenvalue weighted by atomic mass is 35.5. The first kappa shape index (κ1) is 14.6. The zero-order valence-corrected chi connectivity index (χ0v) is 10.4. The number of hydrogen-bond donors (Lipinski definition) is 1. The second kappa shape index (κ2) is 6.23. The molecule has 0 unspecified atom stereocenters. The Morgan fingerprint density at radius 2 is 1.53 bits per heavy atom. The molecule has 0 aliphatic carbocycles. The van der Waals surface area contributed by atoms with Gasteiger partial charge in [0.2, 0.25) is 0 Å². The fraction of sp³-hybridized carbons (Fsp3) is 0. The number of benzene rings is 1. The van der Waals surface area contributed by atoms with Gasteiger partial charge in [0, 0.05) is 0 Å². The molecule has 15 heavy (non-hydrogen) atoms. The van der Waals surface area contributed by atoms with Gasteiger partial charge in [-0.15, -0.1) is 13.2 Å². The molecular weight excluding hydrogens is 282 g/mol. The van der Waals surface area contributed by atoms with Crippen LogP contribution in [0.2, 0.25) is 20.1 Å². The van der Waals surface area contributed by atoms with Gasteiger partial charge in [-0.1, -0.05) is 46.4 Å². The summed E-state index contributed by atoms with van der Waals surface area (Å²) in [5.41, 5.74) is -0.166. The maximum absolute atomic E-state index is 10.6. The summed E-state index contributed by atoms with van der Waals surface area (Å²) in [5, 5.41) is 8.62. The van der Waals surface area contributed by atoms with Gasteiger partial charge >= 0.3 is 5.97 Å². The van der Waals surface area contributed by atoms with Crippen molar-refractivity contribution in [3.8, 4) is 0 Å². The SMILES string of the molecule is C=C.O=C(O)c1cc(Cl)c(Cl)c(Cl)c1Cl. The van der Waals surface area contributed by atoms with Crippen molar-refractivity contribution in [2.45, 2.75) is 0 Å². The van der Waals surface area contributed by atoms with Crippen molar-refractivity contribution >= 4 is 52.4 Å². The molecule has 82 valence electrons. The molecule has 0 aromatic heterocycles. The molecule has 0 bridgehead atoms. The van der Waals surface area contributed by atoms with Gasteiger partial charge < -0.3 is 5.11 Å². The van der Waals surface area contributed by atoms with Crippen molar-refractivity contribution in [1.29, 1.82) is 0 Å². The van der Waals surface area contributed by atoms with E-state index in [0.717, 1.165) is 6.07 Å². The van der Waals surface area contributed by atoms with Crippen molar-refractivity contribution in [3.05, 3.63) is 44.9 Å².